The number of hydrogen-bond donors (Lipinski definition) is 1. The molecule has 6 nitrogen and oxygen atoms in total. The minimum Gasteiger partial charge on any atom is -0.355 e. The molecular formula is C14H22N4O2S. The van der Waals surface area contributed by atoms with Gasteiger partial charge in [0, 0.05) is 38.4 Å². The Morgan fingerprint density at radius 1 is 1.14 bits per heavy atom. The van der Waals surface area contributed by atoms with Crippen molar-refractivity contribution >= 4 is 16.0 Å². The van der Waals surface area contributed by atoms with Crippen molar-refractivity contribution in [2.45, 2.75) is 31.7 Å². The summed E-state index contributed by atoms with van der Waals surface area (Å²) in [7, 11) is -3.33. The monoisotopic (exact) mass is 310 g/mol. The molecule has 1 unspecified atom stereocenters. The summed E-state index contributed by atoms with van der Waals surface area (Å²) in [6.07, 6.45) is 5.56. The second kappa shape index (κ2) is 6.29. The van der Waals surface area contributed by atoms with E-state index in [2.05, 4.69) is 14.6 Å². The molecular weight excluding hydrogens is 288 g/mol. The van der Waals surface area contributed by atoms with Crippen molar-refractivity contribution in [1.29, 1.82) is 0 Å². The van der Waals surface area contributed by atoms with Gasteiger partial charge in [0.1, 0.15) is 5.82 Å². The molecule has 2 aliphatic heterocycles. The zero-order chi connectivity index (χ0) is 14.7. The Morgan fingerprint density at radius 2 is 1.95 bits per heavy atom. The quantitative estimate of drug-likeness (QED) is 0.900. The third-order valence-electron chi connectivity index (χ3n) is 4.12. The molecule has 7 heteroatoms. The lowest BCUT2D eigenvalue weighted by atomic mass is 10.1. The molecule has 0 spiro atoms. The van der Waals surface area contributed by atoms with E-state index >= 15 is 0 Å². The second-order valence-electron chi connectivity index (χ2n) is 5.70. The molecule has 1 N–H and O–H groups in total. The average molecular weight is 310 g/mol. The highest BCUT2D eigenvalue weighted by Gasteiger charge is 2.30. The molecule has 0 radical (unpaired) electrons. The van der Waals surface area contributed by atoms with E-state index in [4.69, 9.17) is 0 Å². The molecule has 0 saturated carbocycles. The highest BCUT2D eigenvalue weighted by Crippen LogP contribution is 2.19. The molecule has 1 aromatic heterocycles. The lowest BCUT2D eigenvalue weighted by Gasteiger charge is -2.34. The van der Waals surface area contributed by atoms with Crippen LogP contribution < -0.4 is 9.62 Å². The van der Waals surface area contributed by atoms with Crippen molar-refractivity contribution in [3.8, 4) is 0 Å². The molecule has 1 atom stereocenters. The van der Waals surface area contributed by atoms with Gasteiger partial charge in [0.05, 0.1) is 0 Å². The van der Waals surface area contributed by atoms with Crippen LogP contribution in [0.4, 0.5) is 5.82 Å². The maximum absolute atomic E-state index is 12.3. The van der Waals surface area contributed by atoms with Crippen molar-refractivity contribution in [1.82, 2.24) is 14.0 Å². The van der Waals surface area contributed by atoms with E-state index in [0.717, 1.165) is 38.0 Å². The van der Waals surface area contributed by atoms with Crippen LogP contribution >= 0.6 is 0 Å². The summed E-state index contributed by atoms with van der Waals surface area (Å²) in [5.41, 5.74) is 0. The van der Waals surface area contributed by atoms with E-state index in [-0.39, 0.29) is 6.04 Å². The summed E-state index contributed by atoms with van der Waals surface area (Å²) in [4.78, 5) is 6.50. The lowest BCUT2D eigenvalue weighted by molar-refractivity contribution is 0.424. The normalized spacial score (nSPS) is 24.4. The van der Waals surface area contributed by atoms with Crippen LogP contribution in [-0.4, -0.2) is 49.9 Å². The Hall–Kier alpha value is -1.18. The van der Waals surface area contributed by atoms with Gasteiger partial charge in [0.2, 0.25) is 0 Å². The summed E-state index contributed by atoms with van der Waals surface area (Å²) in [6, 6.07) is 5.78. The van der Waals surface area contributed by atoms with Crippen LogP contribution in [0.25, 0.3) is 0 Å². The number of nitrogens with zero attached hydrogens (tertiary/aromatic N) is 3. The van der Waals surface area contributed by atoms with Gasteiger partial charge < -0.3 is 4.90 Å². The second-order valence-corrected chi connectivity index (χ2v) is 7.40. The molecule has 21 heavy (non-hydrogen) atoms. The summed E-state index contributed by atoms with van der Waals surface area (Å²) in [6.45, 7) is 2.90. The molecule has 3 rings (SSSR count). The molecule has 2 aliphatic rings. The van der Waals surface area contributed by atoms with Gasteiger partial charge in [-0.1, -0.05) is 6.07 Å². The lowest BCUT2D eigenvalue weighted by Crippen LogP contribution is -2.51. The van der Waals surface area contributed by atoms with E-state index in [9.17, 15) is 8.42 Å². The Kier molecular flexibility index (Phi) is 4.42. The van der Waals surface area contributed by atoms with Crippen molar-refractivity contribution in [2.75, 3.05) is 31.1 Å². The molecule has 0 aromatic carbocycles. The third kappa shape index (κ3) is 3.53. The van der Waals surface area contributed by atoms with Gasteiger partial charge in [-0.15, -0.1) is 0 Å². The fourth-order valence-corrected chi connectivity index (χ4v) is 4.54. The Labute approximate surface area is 126 Å². The highest BCUT2D eigenvalue weighted by atomic mass is 32.2. The average Bonchev–Trinajstić information content (AvgIpc) is 3.03. The molecule has 0 bridgehead atoms. The summed E-state index contributed by atoms with van der Waals surface area (Å²) in [5.74, 6) is 0.919. The number of hydrogen-bond acceptors (Lipinski definition) is 4. The predicted octanol–water partition coefficient (Wildman–Crippen LogP) is 0.981. The smallest absolute Gasteiger partial charge is 0.279 e. The number of piperidine rings is 1. The zero-order valence-corrected chi connectivity index (χ0v) is 12.9. The maximum Gasteiger partial charge on any atom is 0.279 e. The van der Waals surface area contributed by atoms with Crippen LogP contribution in [0.15, 0.2) is 24.4 Å². The summed E-state index contributed by atoms with van der Waals surface area (Å²) >= 11 is 0. The zero-order valence-electron chi connectivity index (χ0n) is 12.1. The minimum absolute atomic E-state index is 0.0358. The van der Waals surface area contributed by atoms with Crippen LogP contribution in [-0.2, 0) is 10.2 Å². The Bertz CT molecular complexity index is 558. The maximum atomic E-state index is 12.3. The van der Waals surface area contributed by atoms with Crippen LogP contribution in [0, 0.1) is 0 Å². The highest BCUT2D eigenvalue weighted by molar-refractivity contribution is 7.87. The first kappa shape index (κ1) is 14.7. The van der Waals surface area contributed by atoms with Crippen LogP contribution in [0.1, 0.15) is 25.7 Å². The van der Waals surface area contributed by atoms with Crippen molar-refractivity contribution in [3.63, 3.8) is 0 Å². The number of aromatic nitrogens is 1. The molecule has 1 aromatic rings. The number of pyridine rings is 1. The van der Waals surface area contributed by atoms with E-state index in [1.807, 2.05) is 18.2 Å². The Morgan fingerprint density at radius 3 is 2.67 bits per heavy atom. The van der Waals surface area contributed by atoms with Gasteiger partial charge >= 0.3 is 0 Å². The standard InChI is InChI=1S/C14H22N4O2S/c19-21(20,18-10-3-4-11-18)16-13-6-5-9-17(12-13)14-7-1-2-8-15-14/h1-2,7-8,13,16H,3-6,9-12H2. The first-order valence-corrected chi connectivity index (χ1v) is 9.02. The van der Waals surface area contributed by atoms with Crippen LogP contribution in [0.2, 0.25) is 0 Å². The molecule has 3 heterocycles. The van der Waals surface area contributed by atoms with E-state index in [1.54, 1.807) is 10.5 Å². The molecule has 0 aliphatic carbocycles. The molecule has 2 saturated heterocycles. The topological polar surface area (TPSA) is 65.5 Å². The van der Waals surface area contributed by atoms with Crippen LogP contribution in [0.3, 0.4) is 0 Å². The molecule has 116 valence electrons. The van der Waals surface area contributed by atoms with Gasteiger partial charge in [-0.2, -0.15) is 17.4 Å². The minimum atomic E-state index is -3.33. The Balaban J connectivity index is 1.64. The number of anilines is 1. The molecule has 2 fully saturated rings. The van der Waals surface area contributed by atoms with E-state index in [0.29, 0.717) is 19.6 Å². The van der Waals surface area contributed by atoms with Crippen LogP contribution in [0.5, 0.6) is 0 Å². The first-order chi connectivity index (χ1) is 10.1. The van der Waals surface area contributed by atoms with Crippen molar-refractivity contribution < 1.29 is 8.42 Å². The number of nitrogens with one attached hydrogen (secondary N) is 1. The fourth-order valence-electron chi connectivity index (χ4n) is 3.04. The largest absolute Gasteiger partial charge is 0.355 e. The third-order valence-corrected chi connectivity index (χ3v) is 5.79. The van der Waals surface area contributed by atoms with Crippen molar-refractivity contribution in [2.24, 2.45) is 0 Å². The molecule has 0 amide bonds. The van der Waals surface area contributed by atoms with Gasteiger partial charge in [-0.3, -0.25) is 0 Å². The summed E-state index contributed by atoms with van der Waals surface area (Å²) in [5, 5.41) is 0. The van der Waals surface area contributed by atoms with Gasteiger partial charge in [-0.05, 0) is 37.8 Å². The predicted molar refractivity (Wildman–Crippen MR) is 82.3 cm³/mol. The van der Waals surface area contributed by atoms with E-state index in [1.165, 1.54) is 0 Å². The van der Waals surface area contributed by atoms with E-state index < -0.39 is 10.2 Å². The van der Waals surface area contributed by atoms with Gasteiger partial charge in [0.25, 0.3) is 10.2 Å². The fraction of sp³-hybridized carbons (Fsp3) is 0.643. The van der Waals surface area contributed by atoms with Crippen molar-refractivity contribution in [3.05, 3.63) is 24.4 Å². The first-order valence-electron chi connectivity index (χ1n) is 7.58. The summed E-state index contributed by atoms with van der Waals surface area (Å²) < 4.78 is 29.1. The van der Waals surface area contributed by atoms with Gasteiger partial charge in [0.15, 0.2) is 0 Å². The number of rotatable bonds is 4. The van der Waals surface area contributed by atoms with Gasteiger partial charge in [-0.25, -0.2) is 4.98 Å². The SMILES string of the molecule is O=S(=O)(NC1CCCN(c2ccccn2)C1)N1CCCC1.